The summed E-state index contributed by atoms with van der Waals surface area (Å²) in [5.74, 6) is -5.10. The van der Waals surface area contributed by atoms with Gasteiger partial charge >= 0.3 is 0 Å². The molecule has 5 aliphatic rings. The number of carbonyl (C=O) groups excluding carboxylic acids is 8. The van der Waals surface area contributed by atoms with Crippen molar-refractivity contribution in [2.24, 2.45) is 35.5 Å². The fourth-order valence-electron chi connectivity index (χ4n) is 11.3. The summed E-state index contributed by atoms with van der Waals surface area (Å²) >= 11 is 0. The maximum absolute atomic E-state index is 14.3. The normalized spacial score (nSPS) is 35.8. The number of aliphatic hydroxyl groups excluding tert-OH is 2. The number of carbonyl (C=O) groups is 8. The zero-order valence-electron chi connectivity index (χ0n) is 45.0. The highest BCUT2D eigenvalue weighted by Crippen LogP contribution is 2.32. The molecular weight excluding hydrogens is 929 g/mol. The smallest absolute Gasteiger partial charge is 0.252 e. The molecule has 14 unspecified atom stereocenters. The third-order valence-electron chi connectivity index (χ3n) is 15.6. The molecule has 3 heterocycles. The molecule has 8 amide bonds. The molecule has 14 atom stereocenters. The molecule has 20 nitrogen and oxygen atoms in total. The number of rotatable bonds is 8. The molecule has 2 aliphatic carbocycles. The number of fused-ring (bicyclic) bond motifs is 8. The van der Waals surface area contributed by atoms with Crippen LogP contribution in [0.15, 0.2) is 0 Å². The first-order chi connectivity index (χ1) is 33.7. The van der Waals surface area contributed by atoms with E-state index in [0.717, 1.165) is 0 Å². The van der Waals surface area contributed by atoms with Crippen LogP contribution in [0.2, 0.25) is 0 Å². The second-order valence-electron chi connectivity index (χ2n) is 23.5. The van der Waals surface area contributed by atoms with Gasteiger partial charge in [-0.15, -0.1) is 0 Å². The number of ether oxygens (including phenoxy) is 2. The standard InChI is InChI=1S/C52H88N8O12/c1-27(2)19-35-46(65)57-52(9)26-72-42(43(52)62)48(67)56-37(21-29(5)6)50(69)59(11)34-18-14-16-32(24-34)45(64)54-38(22-30(7)8)51(70)60(12)39-25-71-41(40(39)61)47(66)55-36(20-28(3)4)49(68)58(10)33-17-13-15-31(23-33)44(63)53-35/h27-43,61-62H,13-26H2,1-12H3,(H,53,63)(H,54,64)(H,55,66)(H,56,67)(H,57,65). The van der Waals surface area contributed by atoms with Crippen LogP contribution in [0.5, 0.6) is 0 Å². The van der Waals surface area contributed by atoms with E-state index < -0.39 is 95.6 Å². The lowest BCUT2D eigenvalue weighted by molar-refractivity contribution is -0.144. The quantitative estimate of drug-likeness (QED) is 0.182. The monoisotopic (exact) mass is 1020 g/mol. The van der Waals surface area contributed by atoms with E-state index in [1.165, 1.54) is 11.9 Å². The van der Waals surface area contributed by atoms with E-state index in [0.29, 0.717) is 51.4 Å². The number of amides is 8. The van der Waals surface area contributed by atoms with Crippen molar-refractivity contribution in [2.75, 3.05) is 34.4 Å². The summed E-state index contributed by atoms with van der Waals surface area (Å²) in [6.07, 6.45) is -0.625. The Morgan fingerprint density at radius 3 is 1.36 bits per heavy atom. The third-order valence-corrected chi connectivity index (χ3v) is 15.6. The number of likely N-dealkylation sites (N-methyl/N-ethyl adjacent to an activating group) is 3. The molecule has 7 N–H and O–H groups in total. The number of aliphatic hydroxyl groups is 2. The van der Waals surface area contributed by atoms with Crippen molar-refractivity contribution < 1.29 is 58.0 Å². The molecule has 2 saturated carbocycles. The lowest BCUT2D eigenvalue weighted by Crippen LogP contribution is -2.62. The van der Waals surface area contributed by atoms with E-state index in [2.05, 4.69) is 26.6 Å². The molecule has 0 spiro atoms. The Morgan fingerprint density at radius 1 is 0.528 bits per heavy atom. The summed E-state index contributed by atoms with van der Waals surface area (Å²) in [5.41, 5.74) is -1.44. The number of hydrogen-bond donors (Lipinski definition) is 7. The predicted molar refractivity (Wildman–Crippen MR) is 267 cm³/mol. The average Bonchev–Trinajstić information content (AvgIpc) is 3.85. The van der Waals surface area contributed by atoms with Gasteiger partial charge in [-0.25, -0.2) is 0 Å². The van der Waals surface area contributed by atoms with Crippen LogP contribution >= 0.6 is 0 Å². The van der Waals surface area contributed by atoms with E-state index in [9.17, 15) is 48.6 Å². The van der Waals surface area contributed by atoms with Crippen molar-refractivity contribution in [1.29, 1.82) is 0 Å². The molecule has 72 heavy (non-hydrogen) atoms. The molecule has 0 aromatic rings. The summed E-state index contributed by atoms with van der Waals surface area (Å²) in [6, 6.07) is -5.67. The van der Waals surface area contributed by atoms with Crippen LogP contribution in [0.4, 0.5) is 0 Å². The lowest BCUT2D eigenvalue weighted by atomic mass is 9.83. The van der Waals surface area contributed by atoms with Gasteiger partial charge in [-0.1, -0.05) is 68.2 Å². The molecule has 8 bridgehead atoms. The van der Waals surface area contributed by atoms with E-state index in [4.69, 9.17) is 9.47 Å². The van der Waals surface area contributed by atoms with Gasteiger partial charge in [-0.05, 0) is 94.8 Å². The fraction of sp³-hybridized carbons (Fsp3) is 0.846. The van der Waals surface area contributed by atoms with Crippen LogP contribution in [-0.2, 0) is 47.8 Å². The van der Waals surface area contributed by atoms with Crippen LogP contribution in [0.3, 0.4) is 0 Å². The van der Waals surface area contributed by atoms with Crippen molar-refractivity contribution in [3.05, 3.63) is 0 Å². The minimum atomic E-state index is -1.52. The van der Waals surface area contributed by atoms with Gasteiger partial charge in [0.2, 0.25) is 35.4 Å². The Labute approximate surface area is 426 Å². The Bertz CT molecular complexity index is 1950. The third kappa shape index (κ3) is 14.5. The Hall–Kier alpha value is -4.40. The zero-order chi connectivity index (χ0) is 53.5. The van der Waals surface area contributed by atoms with Crippen LogP contribution < -0.4 is 26.6 Å². The van der Waals surface area contributed by atoms with Crippen molar-refractivity contribution in [1.82, 2.24) is 41.3 Å². The van der Waals surface area contributed by atoms with Crippen LogP contribution in [0, 0.1) is 35.5 Å². The highest BCUT2D eigenvalue weighted by atomic mass is 16.5. The van der Waals surface area contributed by atoms with Gasteiger partial charge in [0.15, 0.2) is 12.2 Å². The summed E-state index contributed by atoms with van der Waals surface area (Å²) in [7, 11) is 4.80. The maximum Gasteiger partial charge on any atom is 0.252 e. The Balaban J connectivity index is 1.45. The van der Waals surface area contributed by atoms with Gasteiger partial charge < -0.3 is 61.0 Å². The van der Waals surface area contributed by atoms with Gasteiger partial charge in [0.25, 0.3) is 11.8 Å². The van der Waals surface area contributed by atoms with Crippen molar-refractivity contribution in [2.45, 2.75) is 212 Å². The van der Waals surface area contributed by atoms with Crippen molar-refractivity contribution >= 4 is 47.3 Å². The zero-order valence-corrected chi connectivity index (χ0v) is 45.0. The SMILES string of the molecule is CC(C)CC1NC(=O)C2CCCC(C2)N(C)C(=O)C(CC(C)C)NC(=O)C2OCC(C2O)N(C)C(=O)C(CC(C)C)NC(=O)C2CCCC(C2)N(C)C(=O)C(CC(C)C)NC(=O)C2OCC(C)(NC1=O)C2O. The predicted octanol–water partition coefficient (Wildman–Crippen LogP) is 1.38. The Morgan fingerprint density at radius 2 is 0.917 bits per heavy atom. The molecule has 0 aromatic carbocycles. The summed E-state index contributed by atoms with van der Waals surface area (Å²) in [6.45, 7) is 16.5. The van der Waals surface area contributed by atoms with Gasteiger partial charge in [-0.2, -0.15) is 0 Å². The van der Waals surface area contributed by atoms with E-state index in [1.807, 2.05) is 55.4 Å². The molecule has 0 radical (unpaired) electrons. The summed E-state index contributed by atoms with van der Waals surface area (Å²) in [5, 5.41) is 37.8. The van der Waals surface area contributed by atoms with Gasteiger partial charge in [0.05, 0.1) is 24.8 Å². The number of hydrogen-bond acceptors (Lipinski definition) is 12. The molecule has 3 aliphatic heterocycles. The average molecular weight is 1020 g/mol. The number of nitrogens with one attached hydrogen (secondary N) is 5. The van der Waals surface area contributed by atoms with E-state index >= 15 is 0 Å². The summed E-state index contributed by atoms with van der Waals surface area (Å²) < 4.78 is 11.7. The minimum absolute atomic E-state index is 0.0146. The molecular formula is C52H88N8O12. The van der Waals surface area contributed by atoms with Crippen molar-refractivity contribution in [3.63, 3.8) is 0 Å². The van der Waals surface area contributed by atoms with Gasteiger partial charge in [0.1, 0.15) is 36.4 Å². The molecule has 3 saturated heterocycles. The topological polar surface area (TPSA) is 265 Å². The number of nitrogens with zero attached hydrogens (tertiary/aromatic N) is 3. The van der Waals surface area contributed by atoms with Crippen LogP contribution in [0.1, 0.15) is 139 Å². The first-order valence-electron chi connectivity index (χ1n) is 26.7. The van der Waals surface area contributed by atoms with Gasteiger partial charge in [-0.3, -0.25) is 38.4 Å². The van der Waals surface area contributed by atoms with E-state index in [1.54, 1.807) is 30.8 Å². The lowest BCUT2D eigenvalue weighted by Gasteiger charge is -2.38. The highest BCUT2D eigenvalue weighted by Gasteiger charge is 2.52. The Kier molecular flexibility index (Phi) is 20.5. The first kappa shape index (κ1) is 58.5. The molecule has 408 valence electrons. The summed E-state index contributed by atoms with van der Waals surface area (Å²) in [4.78, 5) is 118. The van der Waals surface area contributed by atoms with Gasteiger partial charge in [0, 0.05) is 45.1 Å². The molecule has 5 fully saturated rings. The first-order valence-corrected chi connectivity index (χ1v) is 26.7. The molecule has 20 heteroatoms. The van der Waals surface area contributed by atoms with Crippen LogP contribution in [0.25, 0.3) is 0 Å². The minimum Gasteiger partial charge on any atom is -0.388 e. The maximum atomic E-state index is 14.3. The van der Waals surface area contributed by atoms with E-state index in [-0.39, 0.29) is 98.3 Å². The van der Waals surface area contributed by atoms with Crippen LogP contribution in [-0.4, -0.2) is 179 Å². The largest absolute Gasteiger partial charge is 0.388 e. The highest BCUT2D eigenvalue weighted by molar-refractivity contribution is 5.93. The second kappa shape index (κ2) is 25.2. The molecule has 5 rings (SSSR count). The second-order valence-corrected chi connectivity index (χ2v) is 23.5. The van der Waals surface area contributed by atoms with Crippen molar-refractivity contribution in [3.8, 4) is 0 Å². The fourth-order valence-corrected chi connectivity index (χ4v) is 11.3. The molecule has 0 aromatic heterocycles.